The highest BCUT2D eigenvalue weighted by Crippen LogP contribution is 2.46. The van der Waals surface area contributed by atoms with Crippen molar-refractivity contribution in [2.75, 3.05) is 31.7 Å². The maximum atomic E-state index is 6.42. The molecule has 6 heteroatoms. The van der Waals surface area contributed by atoms with Crippen LogP contribution in [0, 0.1) is 6.92 Å². The second kappa shape index (κ2) is 6.71. The third-order valence-corrected chi connectivity index (χ3v) is 5.97. The van der Waals surface area contributed by atoms with E-state index >= 15 is 0 Å². The smallest absolute Gasteiger partial charge is 0.164 e. The molecule has 1 aromatic carbocycles. The molecule has 1 fully saturated rings. The molecule has 0 radical (unpaired) electrons. The van der Waals surface area contributed by atoms with Crippen LogP contribution in [0.1, 0.15) is 29.8 Å². The van der Waals surface area contributed by atoms with Crippen molar-refractivity contribution in [2.45, 2.75) is 31.8 Å². The van der Waals surface area contributed by atoms with Crippen molar-refractivity contribution in [1.82, 2.24) is 15.0 Å². The fourth-order valence-electron chi connectivity index (χ4n) is 4.67. The maximum Gasteiger partial charge on any atom is 0.164 e. The van der Waals surface area contributed by atoms with Crippen LogP contribution < -0.4 is 9.64 Å². The number of anilines is 1. The number of pyridine rings is 1. The van der Waals surface area contributed by atoms with E-state index in [1.807, 2.05) is 13.0 Å². The van der Waals surface area contributed by atoms with Crippen LogP contribution >= 0.6 is 0 Å². The summed E-state index contributed by atoms with van der Waals surface area (Å²) >= 11 is 0. The van der Waals surface area contributed by atoms with E-state index in [0.29, 0.717) is 0 Å². The lowest BCUT2D eigenvalue weighted by atomic mass is 9.78. The Kier molecular flexibility index (Phi) is 4.16. The summed E-state index contributed by atoms with van der Waals surface area (Å²) in [5.41, 5.74) is 3.08. The zero-order valence-corrected chi connectivity index (χ0v) is 16.3. The summed E-state index contributed by atoms with van der Waals surface area (Å²) in [6.07, 6.45) is 4.54. The number of fused-ring (bicyclic) bond motifs is 3. The van der Waals surface area contributed by atoms with Gasteiger partial charge in [0.25, 0.3) is 0 Å². The van der Waals surface area contributed by atoms with Crippen LogP contribution in [0.4, 0.5) is 5.82 Å². The van der Waals surface area contributed by atoms with E-state index in [0.717, 1.165) is 67.4 Å². The van der Waals surface area contributed by atoms with Crippen LogP contribution in [0.5, 0.6) is 5.75 Å². The van der Waals surface area contributed by atoms with Crippen LogP contribution in [-0.4, -0.2) is 41.8 Å². The van der Waals surface area contributed by atoms with Gasteiger partial charge in [-0.2, -0.15) is 0 Å². The standard InChI is InChI=1S/C22H24N4O2/c1-15-24-20-17(6-4-11-23-20)21(25-15)26-12-9-22(10-13-26)19-16(8-14-28-22)5-3-7-18(19)27-2/h3-7,11H,8-10,12-14H2,1-2H3. The highest BCUT2D eigenvalue weighted by molar-refractivity contribution is 5.86. The van der Waals surface area contributed by atoms with Gasteiger partial charge in [0, 0.05) is 24.8 Å². The van der Waals surface area contributed by atoms with E-state index in [-0.39, 0.29) is 5.60 Å². The molecule has 2 aliphatic rings. The molecule has 5 rings (SSSR count). The highest BCUT2D eigenvalue weighted by Gasteiger charge is 2.43. The summed E-state index contributed by atoms with van der Waals surface area (Å²) in [5, 5.41) is 1.01. The Labute approximate surface area is 164 Å². The van der Waals surface area contributed by atoms with Crippen molar-refractivity contribution in [2.24, 2.45) is 0 Å². The summed E-state index contributed by atoms with van der Waals surface area (Å²) in [6.45, 7) is 4.43. The molecule has 0 unspecified atom stereocenters. The second-order valence-electron chi connectivity index (χ2n) is 7.54. The summed E-state index contributed by atoms with van der Waals surface area (Å²) < 4.78 is 12.1. The topological polar surface area (TPSA) is 60.4 Å². The molecule has 144 valence electrons. The quantitative estimate of drug-likeness (QED) is 0.683. The van der Waals surface area contributed by atoms with Crippen molar-refractivity contribution >= 4 is 16.9 Å². The SMILES string of the molecule is COc1cccc2c1C1(CCN(c3nc(C)nc4ncccc34)CC1)OCC2. The first-order valence-corrected chi connectivity index (χ1v) is 9.85. The minimum absolute atomic E-state index is 0.271. The molecule has 2 aromatic heterocycles. The van der Waals surface area contributed by atoms with Gasteiger partial charge in [-0.05, 0) is 49.9 Å². The predicted octanol–water partition coefficient (Wildman–Crippen LogP) is 3.41. The molecule has 1 saturated heterocycles. The molecule has 3 aromatic rings. The molecule has 0 aliphatic carbocycles. The molecule has 28 heavy (non-hydrogen) atoms. The third kappa shape index (κ3) is 2.71. The van der Waals surface area contributed by atoms with Gasteiger partial charge in [0.1, 0.15) is 23.0 Å². The van der Waals surface area contributed by atoms with E-state index in [1.165, 1.54) is 11.1 Å². The summed E-state index contributed by atoms with van der Waals surface area (Å²) in [5.74, 6) is 2.67. The number of rotatable bonds is 2. The van der Waals surface area contributed by atoms with Crippen LogP contribution in [0.2, 0.25) is 0 Å². The van der Waals surface area contributed by atoms with E-state index in [4.69, 9.17) is 14.5 Å². The average Bonchev–Trinajstić information content (AvgIpc) is 2.73. The zero-order valence-electron chi connectivity index (χ0n) is 16.3. The Bertz CT molecular complexity index is 1010. The Balaban J connectivity index is 1.49. The number of hydrogen-bond acceptors (Lipinski definition) is 6. The Morgan fingerprint density at radius 2 is 1.96 bits per heavy atom. The number of benzene rings is 1. The van der Waals surface area contributed by atoms with Gasteiger partial charge in [0.2, 0.25) is 0 Å². The summed E-state index contributed by atoms with van der Waals surface area (Å²) in [7, 11) is 1.75. The Morgan fingerprint density at radius 1 is 1.11 bits per heavy atom. The highest BCUT2D eigenvalue weighted by atomic mass is 16.5. The van der Waals surface area contributed by atoms with Crippen molar-refractivity contribution in [3.05, 3.63) is 53.5 Å². The fraction of sp³-hybridized carbons (Fsp3) is 0.409. The summed E-state index contributed by atoms with van der Waals surface area (Å²) in [6, 6.07) is 10.3. The molecule has 0 saturated carbocycles. The largest absolute Gasteiger partial charge is 0.496 e. The number of aryl methyl sites for hydroxylation is 1. The van der Waals surface area contributed by atoms with Crippen molar-refractivity contribution in [3.8, 4) is 5.75 Å². The van der Waals surface area contributed by atoms with Crippen molar-refractivity contribution in [1.29, 1.82) is 0 Å². The van der Waals surface area contributed by atoms with Crippen molar-refractivity contribution in [3.63, 3.8) is 0 Å². The lowest BCUT2D eigenvalue weighted by molar-refractivity contribution is -0.0780. The molecule has 2 aliphatic heterocycles. The Hall–Kier alpha value is -2.73. The fourth-order valence-corrected chi connectivity index (χ4v) is 4.67. The normalized spacial score (nSPS) is 18.3. The van der Waals surface area contributed by atoms with Crippen LogP contribution in [0.15, 0.2) is 36.5 Å². The molecule has 0 N–H and O–H groups in total. The molecule has 0 amide bonds. The predicted molar refractivity (Wildman–Crippen MR) is 108 cm³/mol. The average molecular weight is 376 g/mol. The van der Waals surface area contributed by atoms with Crippen molar-refractivity contribution < 1.29 is 9.47 Å². The number of methoxy groups -OCH3 is 1. The number of piperidine rings is 1. The summed E-state index contributed by atoms with van der Waals surface area (Å²) in [4.78, 5) is 16.0. The first-order chi connectivity index (χ1) is 13.7. The van der Waals surface area contributed by atoms with Gasteiger partial charge in [0.05, 0.1) is 19.1 Å². The minimum atomic E-state index is -0.271. The van der Waals surface area contributed by atoms with Crippen LogP contribution in [-0.2, 0) is 16.8 Å². The third-order valence-electron chi connectivity index (χ3n) is 5.97. The molecule has 0 atom stereocenters. The molecular formula is C22H24N4O2. The first kappa shape index (κ1) is 17.4. The van der Waals surface area contributed by atoms with Gasteiger partial charge in [-0.1, -0.05) is 12.1 Å². The monoisotopic (exact) mass is 376 g/mol. The zero-order chi connectivity index (χ0) is 19.1. The second-order valence-corrected chi connectivity index (χ2v) is 7.54. The van der Waals surface area contributed by atoms with Crippen LogP contribution in [0.25, 0.3) is 11.0 Å². The number of nitrogens with zero attached hydrogens (tertiary/aromatic N) is 4. The Morgan fingerprint density at radius 3 is 2.79 bits per heavy atom. The van der Waals surface area contributed by atoms with Gasteiger partial charge in [0.15, 0.2) is 5.65 Å². The molecule has 4 heterocycles. The van der Waals surface area contributed by atoms with E-state index < -0.39 is 0 Å². The minimum Gasteiger partial charge on any atom is -0.496 e. The maximum absolute atomic E-state index is 6.42. The van der Waals surface area contributed by atoms with E-state index in [1.54, 1.807) is 13.3 Å². The van der Waals surface area contributed by atoms with Gasteiger partial charge < -0.3 is 14.4 Å². The van der Waals surface area contributed by atoms with Gasteiger partial charge in [-0.3, -0.25) is 0 Å². The lowest BCUT2D eigenvalue weighted by Gasteiger charge is -2.45. The molecular weight excluding hydrogens is 352 g/mol. The number of hydrogen-bond donors (Lipinski definition) is 0. The first-order valence-electron chi connectivity index (χ1n) is 9.85. The van der Waals surface area contributed by atoms with E-state index in [9.17, 15) is 0 Å². The van der Waals surface area contributed by atoms with Gasteiger partial charge in [-0.15, -0.1) is 0 Å². The number of aromatic nitrogens is 3. The van der Waals surface area contributed by atoms with Crippen LogP contribution in [0.3, 0.4) is 0 Å². The molecule has 1 spiro atoms. The number of ether oxygens (including phenoxy) is 2. The molecule has 6 nitrogen and oxygen atoms in total. The lowest BCUT2D eigenvalue weighted by Crippen LogP contribution is -2.47. The molecule has 0 bridgehead atoms. The van der Waals surface area contributed by atoms with Gasteiger partial charge in [-0.25, -0.2) is 15.0 Å². The van der Waals surface area contributed by atoms with E-state index in [2.05, 4.69) is 39.1 Å². The van der Waals surface area contributed by atoms with Gasteiger partial charge >= 0.3 is 0 Å².